The number of hydrogen-bond donors (Lipinski definition) is 0. The van der Waals surface area contributed by atoms with Gasteiger partial charge >= 0.3 is 0 Å². The van der Waals surface area contributed by atoms with Crippen LogP contribution in [0.15, 0.2) is 24.3 Å². The summed E-state index contributed by atoms with van der Waals surface area (Å²) in [5.74, 6) is 0.932. The topological polar surface area (TPSA) is 3.24 Å². The van der Waals surface area contributed by atoms with Gasteiger partial charge in [0.1, 0.15) is 0 Å². The van der Waals surface area contributed by atoms with Gasteiger partial charge in [0.25, 0.3) is 0 Å². The van der Waals surface area contributed by atoms with Crippen LogP contribution in [0.3, 0.4) is 0 Å². The van der Waals surface area contributed by atoms with E-state index in [0.29, 0.717) is 10.8 Å². The largest absolute Gasteiger partial charge is 0.299 e. The number of nitrogens with zero attached hydrogens (tertiary/aromatic N) is 1. The van der Waals surface area contributed by atoms with E-state index < -0.39 is 0 Å². The van der Waals surface area contributed by atoms with Crippen molar-refractivity contribution in [3.63, 3.8) is 0 Å². The molecular formula is C23H39N. The normalized spacial score (nSPS) is 18.1. The Morgan fingerprint density at radius 2 is 1.38 bits per heavy atom. The molecule has 0 saturated carbocycles. The summed E-state index contributed by atoms with van der Waals surface area (Å²) in [4.78, 5) is 2.64. The van der Waals surface area contributed by atoms with Crippen molar-refractivity contribution in [1.82, 2.24) is 4.90 Å². The van der Waals surface area contributed by atoms with Gasteiger partial charge in [-0.1, -0.05) is 65.8 Å². The first kappa shape index (κ1) is 19.5. The van der Waals surface area contributed by atoms with Crippen LogP contribution < -0.4 is 0 Å². The predicted molar refractivity (Wildman–Crippen MR) is 106 cm³/mol. The lowest BCUT2D eigenvalue weighted by atomic mass is 9.80. The molecule has 1 heteroatoms. The molecule has 0 bridgehead atoms. The van der Waals surface area contributed by atoms with Crippen LogP contribution in [0.4, 0.5) is 0 Å². The highest BCUT2D eigenvalue weighted by Crippen LogP contribution is 2.31. The fraction of sp³-hybridized carbons (Fsp3) is 0.739. The zero-order chi connectivity index (χ0) is 17.8. The highest BCUT2D eigenvalue weighted by molar-refractivity contribution is 5.22. The van der Waals surface area contributed by atoms with Crippen LogP contribution in [0.25, 0.3) is 0 Å². The van der Waals surface area contributed by atoms with E-state index in [1.807, 2.05) is 0 Å². The van der Waals surface area contributed by atoms with Gasteiger partial charge in [0, 0.05) is 6.54 Å². The summed E-state index contributed by atoms with van der Waals surface area (Å²) in [6, 6.07) is 9.37. The van der Waals surface area contributed by atoms with E-state index in [0.717, 1.165) is 12.5 Å². The lowest BCUT2D eigenvalue weighted by molar-refractivity contribution is 0.147. The van der Waals surface area contributed by atoms with E-state index in [1.54, 1.807) is 0 Å². The van der Waals surface area contributed by atoms with Crippen LogP contribution in [-0.2, 0) is 13.0 Å². The van der Waals surface area contributed by atoms with Crippen molar-refractivity contribution in [2.24, 2.45) is 16.7 Å². The average Bonchev–Trinajstić information content (AvgIpc) is 2.46. The summed E-state index contributed by atoms with van der Waals surface area (Å²) in [5, 5.41) is 0. The summed E-state index contributed by atoms with van der Waals surface area (Å²) < 4.78 is 0. The second kappa shape index (κ2) is 8.04. The van der Waals surface area contributed by atoms with Gasteiger partial charge in [-0.3, -0.25) is 4.90 Å². The third kappa shape index (κ3) is 7.38. The summed E-state index contributed by atoms with van der Waals surface area (Å²) in [6.45, 7) is 17.8. The first-order chi connectivity index (χ1) is 11.1. The Balaban J connectivity index is 1.77. The minimum absolute atomic E-state index is 0.427. The molecule has 2 rings (SSSR count). The zero-order valence-electron chi connectivity index (χ0n) is 17.0. The smallest absolute Gasteiger partial charge is 0.0233 e. The molecule has 0 aliphatic carbocycles. The van der Waals surface area contributed by atoms with Gasteiger partial charge in [-0.05, 0) is 73.1 Å². The third-order valence-electron chi connectivity index (χ3n) is 5.20. The Labute approximate surface area is 150 Å². The number of likely N-dealkylation sites (tertiary alicyclic amines) is 1. The Morgan fingerprint density at radius 1 is 0.833 bits per heavy atom. The first-order valence-corrected chi connectivity index (χ1v) is 9.91. The van der Waals surface area contributed by atoms with Crippen molar-refractivity contribution in [1.29, 1.82) is 0 Å². The summed E-state index contributed by atoms with van der Waals surface area (Å²) in [5.41, 5.74) is 3.87. The fourth-order valence-electron chi connectivity index (χ4n) is 3.80. The molecule has 1 aromatic carbocycles. The molecule has 0 N–H and O–H groups in total. The maximum absolute atomic E-state index is 2.64. The average molecular weight is 330 g/mol. The number of hydrogen-bond acceptors (Lipinski definition) is 1. The Bertz CT molecular complexity index is 478. The van der Waals surface area contributed by atoms with E-state index in [2.05, 4.69) is 70.7 Å². The number of benzene rings is 1. The minimum atomic E-state index is 0.427. The van der Waals surface area contributed by atoms with Gasteiger partial charge in [0.2, 0.25) is 0 Å². The second-order valence-corrected chi connectivity index (χ2v) is 10.4. The number of aryl methyl sites for hydroxylation is 1. The van der Waals surface area contributed by atoms with Gasteiger partial charge in [-0.15, -0.1) is 0 Å². The zero-order valence-corrected chi connectivity index (χ0v) is 17.0. The lowest BCUT2D eigenvalue weighted by Gasteiger charge is -2.35. The molecule has 1 aliphatic heterocycles. The van der Waals surface area contributed by atoms with Crippen LogP contribution in [0.1, 0.15) is 78.4 Å². The van der Waals surface area contributed by atoms with E-state index in [1.165, 1.54) is 56.3 Å². The monoisotopic (exact) mass is 329 g/mol. The van der Waals surface area contributed by atoms with Gasteiger partial charge in [-0.2, -0.15) is 0 Å². The Kier molecular flexibility index (Phi) is 6.53. The molecule has 0 spiro atoms. The van der Waals surface area contributed by atoms with Crippen LogP contribution in [-0.4, -0.2) is 18.0 Å². The van der Waals surface area contributed by atoms with E-state index in [9.17, 15) is 0 Å². The molecule has 1 saturated heterocycles. The molecular weight excluding hydrogens is 290 g/mol. The van der Waals surface area contributed by atoms with Crippen molar-refractivity contribution in [2.75, 3.05) is 13.1 Å². The molecule has 0 aromatic heterocycles. The predicted octanol–water partition coefficient (Wildman–Crippen LogP) is 6.31. The molecule has 0 unspecified atom stereocenters. The molecule has 1 aliphatic rings. The molecule has 0 atom stereocenters. The molecule has 1 nitrogen and oxygen atoms in total. The molecule has 1 aromatic rings. The third-order valence-corrected chi connectivity index (χ3v) is 5.20. The molecule has 24 heavy (non-hydrogen) atoms. The molecule has 0 radical (unpaired) electrons. The highest BCUT2D eigenvalue weighted by Gasteiger charge is 2.23. The van der Waals surface area contributed by atoms with Gasteiger partial charge in [-0.25, -0.2) is 0 Å². The van der Waals surface area contributed by atoms with Gasteiger partial charge < -0.3 is 0 Å². The van der Waals surface area contributed by atoms with Crippen LogP contribution in [0, 0.1) is 16.7 Å². The molecule has 1 heterocycles. The van der Waals surface area contributed by atoms with Crippen molar-refractivity contribution in [3.05, 3.63) is 35.4 Å². The van der Waals surface area contributed by atoms with Gasteiger partial charge in [0.15, 0.2) is 0 Å². The quantitative estimate of drug-likeness (QED) is 0.611. The van der Waals surface area contributed by atoms with Crippen molar-refractivity contribution in [3.8, 4) is 0 Å². The minimum Gasteiger partial charge on any atom is -0.299 e. The summed E-state index contributed by atoms with van der Waals surface area (Å²) >= 11 is 0. The van der Waals surface area contributed by atoms with E-state index in [4.69, 9.17) is 0 Å². The lowest BCUT2D eigenvalue weighted by Crippen LogP contribution is -2.34. The SMILES string of the molecule is CC(C)(C)CCc1ccc(CN2CCC(CC(C)(C)C)CC2)cc1. The van der Waals surface area contributed by atoms with Crippen molar-refractivity contribution < 1.29 is 0 Å². The summed E-state index contributed by atoms with van der Waals surface area (Å²) in [6.07, 6.45) is 6.58. The standard InChI is InChI=1S/C23H39N/c1-22(2,3)14-11-19-7-9-21(10-8-19)18-24-15-12-20(13-16-24)17-23(4,5)6/h7-10,20H,11-18H2,1-6H3. The van der Waals surface area contributed by atoms with Gasteiger partial charge in [0.05, 0.1) is 0 Å². The Morgan fingerprint density at radius 3 is 1.88 bits per heavy atom. The Hall–Kier alpha value is -0.820. The highest BCUT2D eigenvalue weighted by atomic mass is 15.1. The first-order valence-electron chi connectivity index (χ1n) is 9.91. The van der Waals surface area contributed by atoms with E-state index in [-0.39, 0.29) is 0 Å². The van der Waals surface area contributed by atoms with Crippen LogP contribution in [0.5, 0.6) is 0 Å². The van der Waals surface area contributed by atoms with E-state index >= 15 is 0 Å². The molecule has 136 valence electrons. The number of rotatable bonds is 5. The maximum atomic E-state index is 2.64. The van der Waals surface area contributed by atoms with Crippen LogP contribution >= 0.6 is 0 Å². The molecule has 1 fully saturated rings. The van der Waals surface area contributed by atoms with Crippen molar-refractivity contribution >= 4 is 0 Å². The summed E-state index contributed by atoms with van der Waals surface area (Å²) in [7, 11) is 0. The van der Waals surface area contributed by atoms with Crippen LogP contribution in [0.2, 0.25) is 0 Å². The number of piperidine rings is 1. The van der Waals surface area contributed by atoms with Crippen molar-refractivity contribution in [2.45, 2.75) is 80.2 Å². The molecule has 0 amide bonds. The maximum Gasteiger partial charge on any atom is 0.0233 e. The second-order valence-electron chi connectivity index (χ2n) is 10.4. The fourth-order valence-corrected chi connectivity index (χ4v) is 3.80.